The van der Waals surface area contributed by atoms with E-state index >= 15 is 0 Å². The van der Waals surface area contributed by atoms with E-state index in [1.807, 2.05) is 12.4 Å². The highest BCUT2D eigenvalue weighted by Gasteiger charge is 2.27. The first-order valence-electron chi connectivity index (χ1n) is 7.60. The van der Waals surface area contributed by atoms with E-state index in [1.165, 1.54) is 12.8 Å². The molecule has 1 aromatic heterocycles. The minimum atomic E-state index is 0.125. The molecule has 0 unspecified atom stereocenters. The van der Waals surface area contributed by atoms with Gasteiger partial charge in [0.15, 0.2) is 5.16 Å². The molecule has 2 rings (SSSR count). The Morgan fingerprint density at radius 1 is 1.48 bits per heavy atom. The van der Waals surface area contributed by atoms with Gasteiger partial charge in [-0.1, -0.05) is 25.1 Å². The molecule has 0 bridgehead atoms. The van der Waals surface area contributed by atoms with Gasteiger partial charge in [0, 0.05) is 43.8 Å². The first-order valence-corrected chi connectivity index (χ1v) is 8.59. The lowest BCUT2D eigenvalue weighted by atomic mass is 10.1. The van der Waals surface area contributed by atoms with Crippen molar-refractivity contribution in [1.29, 1.82) is 0 Å². The van der Waals surface area contributed by atoms with Crippen LogP contribution >= 0.6 is 11.8 Å². The molecule has 1 amide bonds. The molecule has 0 saturated carbocycles. The zero-order valence-corrected chi connectivity index (χ0v) is 13.7. The molecule has 0 aromatic carbocycles. The van der Waals surface area contributed by atoms with E-state index in [4.69, 9.17) is 0 Å². The third-order valence-corrected chi connectivity index (χ3v) is 4.67. The van der Waals surface area contributed by atoms with Gasteiger partial charge in [0.1, 0.15) is 0 Å². The molecule has 116 valence electrons. The fraction of sp³-hybridized carbons (Fsp3) is 0.667. The number of amides is 1. The minimum absolute atomic E-state index is 0.125. The molecule has 21 heavy (non-hydrogen) atoms. The highest BCUT2D eigenvalue weighted by molar-refractivity contribution is 7.99. The summed E-state index contributed by atoms with van der Waals surface area (Å²) in [6, 6.07) is 0. The lowest BCUT2D eigenvalue weighted by Gasteiger charge is -2.15. The Kier molecular flexibility index (Phi) is 6.45. The molecule has 0 spiro atoms. The molecule has 1 aliphatic heterocycles. The van der Waals surface area contributed by atoms with E-state index in [0.29, 0.717) is 0 Å². The summed E-state index contributed by atoms with van der Waals surface area (Å²) in [6.07, 6.45) is 7.16. The number of hydrogen-bond donors (Lipinski definition) is 1. The zero-order valence-electron chi connectivity index (χ0n) is 12.8. The fourth-order valence-corrected chi connectivity index (χ4v) is 3.33. The van der Waals surface area contributed by atoms with E-state index < -0.39 is 0 Å². The number of nitrogens with zero attached hydrogens (tertiary/aromatic N) is 3. The highest BCUT2D eigenvalue weighted by atomic mass is 32.2. The zero-order chi connectivity index (χ0) is 15.1. The lowest BCUT2D eigenvalue weighted by Crippen LogP contribution is -2.30. The molecule has 1 aromatic rings. The van der Waals surface area contributed by atoms with E-state index in [9.17, 15) is 4.79 Å². The maximum Gasteiger partial charge on any atom is 0.224 e. The molecule has 1 fully saturated rings. The van der Waals surface area contributed by atoms with Crippen LogP contribution in [0.5, 0.6) is 0 Å². The van der Waals surface area contributed by atoms with Gasteiger partial charge in [-0.05, 0) is 19.4 Å². The van der Waals surface area contributed by atoms with Crippen LogP contribution < -0.4 is 5.32 Å². The standard InChI is InChI=1S/C15H24N4OS/c1-3-4-7-21-15-17-8-12(9-18-15)10-19-6-5-13(11-19)14(20)16-2/h8-9,13H,3-7,10-11H2,1-2H3,(H,16,20)/t13-/m1/s1. The second kappa shape index (κ2) is 8.34. The van der Waals surface area contributed by atoms with Gasteiger partial charge in [-0.3, -0.25) is 9.69 Å². The molecule has 1 N–H and O–H groups in total. The first-order chi connectivity index (χ1) is 10.2. The van der Waals surface area contributed by atoms with Gasteiger partial charge < -0.3 is 5.32 Å². The van der Waals surface area contributed by atoms with Crippen LogP contribution in [0.25, 0.3) is 0 Å². The molecule has 6 heteroatoms. The largest absolute Gasteiger partial charge is 0.359 e. The van der Waals surface area contributed by atoms with Crippen molar-refractivity contribution in [2.75, 3.05) is 25.9 Å². The Labute approximate surface area is 130 Å². The van der Waals surface area contributed by atoms with Crippen molar-refractivity contribution in [3.05, 3.63) is 18.0 Å². The van der Waals surface area contributed by atoms with Crippen molar-refractivity contribution < 1.29 is 4.79 Å². The predicted octanol–water partition coefficient (Wildman–Crippen LogP) is 1.94. The summed E-state index contributed by atoms with van der Waals surface area (Å²) < 4.78 is 0. The normalized spacial score (nSPS) is 18.9. The van der Waals surface area contributed by atoms with E-state index in [1.54, 1.807) is 18.8 Å². The summed E-state index contributed by atoms with van der Waals surface area (Å²) in [5.41, 5.74) is 1.12. The van der Waals surface area contributed by atoms with Gasteiger partial charge >= 0.3 is 0 Å². The maximum absolute atomic E-state index is 11.6. The minimum Gasteiger partial charge on any atom is -0.359 e. The number of hydrogen-bond acceptors (Lipinski definition) is 5. The van der Waals surface area contributed by atoms with E-state index in [0.717, 1.165) is 42.5 Å². The van der Waals surface area contributed by atoms with Crippen LogP contribution in [-0.2, 0) is 11.3 Å². The van der Waals surface area contributed by atoms with Gasteiger partial charge in [-0.25, -0.2) is 9.97 Å². The molecular formula is C15H24N4OS. The van der Waals surface area contributed by atoms with Crippen LogP contribution in [0.15, 0.2) is 17.6 Å². The lowest BCUT2D eigenvalue weighted by molar-refractivity contribution is -0.124. The smallest absolute Gasteiger partial charge is 0.224 e. The van der Waals surface area contributed by atoms with Gasteiger partial charge in [-0.2, -0.15) is 0 Å². The summed E-state index contributed by atoms with van der Waals surface area (Å²) in [6.45, 7) is 4.80. The molecule has 5 nitrogen and oxygen atoms in total. The molecule has 0 aliphatic carbocycles. The Morgan fingerprint density at radius 3 is 2.90 bits per heavy atom. The predicted molar refractivity (Wildman–Crippen MR) is 85.1 cm³/mol. The number of carbonyl (C=O) groups excluding carboxylic acids is 1. The summed E-state index contributed by atoms with van der Waals surface area (Å²) in [5, 5.41) is 3.59. The average molecular weight is 308 g/mol. The molecule has 1 atom stereocenters. The van der Waals surface area contributed by atoms with Crippen LogP contribution in [0.2, 0.25) is 0 Å². The summed E-state index contributed by atoms with van der Waals surface area (Å²) in [5.74, 6) is 1.35. The van der Waals surface area contributed by atoms with Crippen molar-refractivity contribution in [2.45, 2.75) is 37.9 Å². The van der Waals surface area contributed by atoms with Gasteiger partial charge in [0.25, 0.3) is 0 Å². The highest BCUT2D eigenvalue weighted by Crippen LogP contribution is 2.19. The van der Waals surface area contributed by atoms with Crippen molar-refractivity contribution >= 4 is 17.7 Å². The summed E-state index contributed by atoms with van der Waals surface area (Å²) in [4.78, 5) is 22.7. The van der Waals surface area contributed by atoms with Crippen molar-refractivity contribution in [1.82, 2.24) is 20.2 Å². The Bertz CT molecular complexity index is 451. The molecule has 1 aliphatic rings. The number of rotatable bonds is 7. The van der Waals surface area contributed by atoms with Crippen molar-refractivity contribution in [2.24, 2.45) is 5.92 Å². The number of thioether (sulfide) groups is 1. The number of carbonyl (C=O) groups is 1. The molecule has 0 radical (unpaired) electrons. The molecule has 2 heterocycles. The van der Waals surface area contributed by atoms with E-state index in [2.05, 4.69) is 27.1 Å². The van der Waals surface area contributed by atoms with Gasteiger partial charge in [-0.15, -0.1) is 0 Å². The summed E-state index contributed by atoms with van der Waals surface area (Å²) >= 11 is 1.71. The average Bonchev–Trinajstić information content (AvgIpc) is 2.97. The second-order valence-electron chi connectivity index (χ2n) is 5.41. The molecule has 1 saturated heterocycles. The quantitative estimate of drug-likeness (QED) is 0.474. The maximum atomic E-state index is 11.6. The Morgan fingerprint density at radius 2 is 2.24 bits per heavy atom. The topological polar surface area (TPSA) is 58.1 Å². The number of likely N-dealkylation sites (tertiary alicyclic amines) is 1. The molecular weight excluding hydrogens is 284 g/mol. The Hall–Kier alpha value is -1.14. The number of unbranched alkanes of at least 4 members (excludes halogenated alkanes) is 1. The van der Waals surface area contributed by atoms with Crippen molar-refractivity contribution in [3.8, 4) is 0 Å². The fourth-order valence-electron chi connectivity index (χ4n) is 2.46. The van der Waals surface area contributed by atoms with Crippen LogP contribution in [0.1, 0.15) is 31.7 Å². The van der Waals surface area contributed by atoms with Gasteiger partial charge in [0.2, 0.25) is 5.91 Å². The summed E-state index contributed by atoms with van der Waals surface area (Å²) in [7, 11) is 1.70. The number of nitrogens with one attached hydrogen (secondary N) is 1. The van der Waals surface area contributed by atoms with Gasteiger partial charge in [0.05, 0.1) is 5.92 Å². The van der Waals surface area contributed by atoms with Crippen LogP contribution in [-0.4, -0.2) is 46.7 Å². The third-order valence-electron chi connectivity index (χ3n) is 3.71. The van der Waals surface area contributed by atoms with E-state index in [-0.39, 0.29) is 11.8 Å². The van der Waals surface area contributed by atoms with Crippen LogP contribution in [0.4, 0.5) is 0 Å². The SMILES string of the molecule is CCCCSc1ncc(CN2CC[C@@H](C(=O)NC)C2)cn1. The second-order valence-corrected chi connectivity index (χ2v) is 6.47. The van der Waals surface area contributed by atoms with Crippen LogP contribution in [0, 0.1) is 5.92 Å². The first kappa shape index (κ1) is 16.2. The third kappa shape index (κ3) is 4.97. The van der Waals surface area contributed by atoms with Crippen LogP contribution in [0.3, 0.4) is 0 Å². The van der Waals surface area contributed by atoms with Crippen molar-refractivity contribution in [3.63, 3.8) is 0 Å². The Balaban J connectivity index is 1.80. The number of aromatic nitrogens is 2. The monoisotopic (exact) mass is 308 g/mol.